The topological polar surface area (TPSA) is 70.3 Å². The van der Waals surface area contributed by atoms with Crippen molar-refractivity contribution in [3.8, 4) is 0 Å². The Labute approximate surface area is 108 Å². The summed E-state index contributed by atoms with van der Waals surface area (Å²) >= 11 is 0. The van der Waals surface area contributed by atoms with Crippen molar-refractivity contribution >= 4 is 17.6 Å². The molecule has 2 rings (SSSR count). The number of nitrogens with one attached hydrogen (secondary N) is 1. The van der Waals surface area contributed by atoms with E-state index in [4.69, 9.17) is 5.73 Å². The number of rotatable bonds is 3. The van der Waals surface area contributed by atoms with Gasteiger partial charge in [0, 0.05) is 32.2 Å². The van der Waals surface area contributed by atoms with E-state index in [0.29, 0.717) is 12.0 Å². The zero-order valence-corrected chi connectivity index (χ0v) is 11.3. The molecule has 3 N–H and O–H groups in total. The summed E-state index contributed by atoms with van der Waals surface area (Å²) in [7, 11) is 6.12. The lowest BCUT2D eigenvalue weighted by molar-refractivity contribution is 0.249. The van der Waals surface area contributed by atoms with Crippen LogP contribution in [0.3, 0.4) is 0 Å². The summed E-state index contributed by atoms with van der Waals surface area (Å²) in [6.45, 7) is 2.03. The van der Waals surface area contributed by atoms with Crippen molar-refractivity contribution in [1.82, 2.24) is 14.9 Å². The molecule has 1 saturated heterocycles. The molecule has 0 bridgehead atoms. The summed E-state index contributed by atoms with van der Waals surface area (Å²) in [4.78, 5) is 13.0. The third-order valence-electron chi connectivity index (χ3n) is 3.50. The first-order chi connectivity index (χ1) is 8.60. The number of nitrogen functional groups attached to an aromatic ring is 1. The quantitative estimate of drug-likeness (QED) is 0.820. The van der Waals surface area contributed by atoms with Gasteiger partial charge in [0.25, 0.3) is 0 Å². The van der Waals surface area contributed by atoms with Crippen LogP contribution in [-0.4, -0.2) is 55.1 Å². The molecule has 1 aromatic heterocycles. The molecule has 0 aromatic carbocycles. The Morgan fingerprint density at radius 1 is 1.33 bits per heavy atom. The summed E-state index contributed by atoms with van der Waals surface area (Å²) < 4.78 is 0. The maximum absolute atomic E-state index is 5.72. The van der Waals surface area contributed by atoms with Gasteiger partial charge in [0.2, 0.25) is 5.95 Å². The van der Waals surface area contributed by atoms with E-state index in [2.05, 4.69) is 39.2 Å². The fourth-order valence-corrected chi connectivity index (χ4v) is 2.35. The lowest BCUT2D eigenvalue weighted by atomic mass is 10.0. The first-order valence-electron chi connectivity index (χ1n) is 6.34. The molecule has 6 heteroatoms. The normalized spacial score (nSPS) is 17.2. The second-order valence-corrected chi connectivity index (χ2v) is 4.90. The Morgan fingerprint density at radius 3 is 2.56 bits per heavy atom. The van der Waals surface area contributed by atoms with Crippen LogP contribution in [-0.2, 0) is 0 Å². The third kappa shape index (κ3) is 2.81. The van der Waals surface area contributed by atoms with Crippen molar-refractivity contribution in [3.05, 3.63) is 6.07 Å². The number of hydrogen-bond donors (Lipinski definition) is 2. The van der Waals surface area contributed by atoms with Gasteiger partial charge in [0.1, 0.15) is 11.6 Å². The molecule has 1 fully saturated rings. The molecule has 0 atom stereocenters. The fourth-order valence-electron chi connectivity index (χ4n) is 2.35. The largest absolute Gasteiger partial charge is 0.373 e. The molecule has 0 aliphatic carbocycles. The van der Waals surface area contributed by atoms with Crippen LogP contribution in [0.2, 0.25) is 0 Å². The van der Waals surface area contributed by atoms with Gasteiger partial charge in [0.05, 0.1) is 0 Å². The zero-order valence-electron chi connectivity index (χ0n) is 11.3. The van der Waals surface area contributed by atoms with Crippen molar-refractivity contribution in [2.75, 3.05) is 50.2 Å². The molecular weight excluding hydrogens is 228 g/mol. The van der Waals surface area contributed by atoms with E-state index < -0.39 is 0 Å². The molecule has 18 heavy (non-hydrogen) atoms. The van der Waals surface area contributed by atoms with E-state index in [1.165, 1.54) is 0 Å². The maximum Gasteiger partial charge on any atom is 0.223 e. The smallest absolute Gasteiger partial charge is 0.223 e. The van der Waals surface area contributed by atoms with Crippen LogP contribution < -0.4 is 16.0 Å². The molecule has 0 spiro atoms. The highest BCUT2D eigenvalue weighted by molar-refractivity contribution is 5.52. The Kier molecular flexibility index (Phi) is 3.86. The van der Waals surface area contributed by atoms with Crippen LogP contribution >= 0.6 is 0 Å². The predicted molar refractivity (Wildman–Crippen MR) is 74.9 cm³/mol. The molecule has 100 valence electrons. The highest BCUT2D eigenvalue weighted by Gasteiger charge is 2.21. The Bertz CT molecular complexity index is 398. The minimum atomic E-state index is 0.326. The lowest BCUT2D eigenvalue weighted by Crippen LogP contribution is -2.42. The van der Waals surface area contributed by atoms with Crippen molar-refractivity contribution in [1.29, 1.82) is 0 Å². The van der Waals surface area contributed by atoms with E-state index in [-0.39, 0.29) is 0 Å². The lowest BCUT2D eigenvalue weighted by Gasteiger charge is -2.35. The summed E-state index contributed by atoms with van der Waals surface area (Å²) in [6.07, 6.45) is 2.32. The molecular formula is C12H22N6. The number of hydrogen-bond acceptors (Lipinski definition) is 6. The second-order valence-electron chi connectivity index (χ2n) is 4.90. The molecule has 6 nitrogen and oxygen atoms in total. The van der Waals surface area contributed by atoms with Gasteiger partial charge in [-0.1, -0.05) is 0 Å². The first-order valence-corrected chi connectivity index (χ1v) is 6.34. The number of nitrogens with zero attached hydrogens (tertiary/aromatic N) is 4. The van der Waals surface area contributed by atoms with E-state index in [9.17, 15) is 0 Å². The number of aromatic nitrogens is 2. The number of nitrogens with two attached hydrogens (primary N) is 1. The Morgan fingerprint density at radius 2 is 2.00 bits per heavy atom. The van der Waals surface area contributed by atoms with Crippen LogP contribution in [0, 0.1) is 0 Å². The summed E-state index contributed by atoms with van der Waals surface area (Å²) in [5.41, 5.74) is 5.72. The van der Waals surface area contributed by atoms with Gasteiger partial charge in [-0.2, -0.15) is 9.97 Å². The van der Waals surface area contributed by atoms with Crippen molar-refractivity contribution in [2.45, 2.75) is 18.9 Å². The van der Waals surface area contributed by atoms with Gasteiger partial charge in [-0.25, -0.2) is 0 Å². The maximum atomic E-state index is 5.72. The van der Waals surface area contributed by atoms with E-state index in [1.54, 1.807) is 0 Å². The molecule has 1 aliphatic heterocycles. The van der Waals surface area contributed by atoms with Gasteiger partial charge in [0.15, 0.2) is 0 Å². The molecule has 0 unspecified atom stereocenters. The van der Waals surface area contributed by atoms with Crippen molar-refractivity contribution < 1.29 is 0 Å². The summed E-state index contributed by atoms with van der Waals surface area (Å²) in [6, 6.07) is 2.62. The molecule has 0 saturated carbocycles. The van der Waals surface area contributed by atoms with E-state index in [1.807, 2.05) is 13.1 Å². The minimum Gasteiger partial charge on any atom is -0.373 e. The van der Waals surface area contributed by atoms with Crippen LogP contribution in [0.25, 0.3) is 0 Å². The predicted octanol–water partition coefficient (Wildman–Crippen LogP) is 0.631. The van der Waals surface area contributed by atoms with E-state index in [0.717, 1.165) is 37.6 Å². The van der Waals surface area contributed by atoms with Crippen molar-refractivity contribution in [2.24, 2.45) is 0 Å². The van der Waals surface area contributed by atoms with Gasteiger partial charge in [-0.3, -0.25) is 0 Å². The average molecular weight is 250 g/mol. The monoisotopic (exact) mass is 250 g/mol. The number of anilines is 3. The molecule has 0 radical (unpaired) electrons. The zero-order chi connectivity index (χ0) is 13.1. The molecule has 1 aliphatic rings. The SMILES string of the molecule is CNc1cc(N2CCC(N(C)C)CC2)nc(N)n1. The highest BCUT2D eigenvalue weighted by Crippen LogP contribution is 2.22. The highest BCUT2D eigenvalue weighted by atomic mass is 15.2. The summed E-state index contributed by atoms with van der Waals surface area (Å²) in [5, 5.41) is 3.01. The van der Waals surface area contributed by atoms with Crippen LogP contribution in [0.15, 0.2) is 6.07 Å². The fraction of sp³-hybridized carbons (Fsp3) is 0.667. The minimum absolute atomic E-state index is 0.326. The number of piperidine rings is 1. The standard InChI is InChI=1S/C12H22N6/c1-14-10-8-11(16-12(13)15-10)18-6-4-9(5-7-18)17(2)3/h8-9H,4-7H2,1-3H3,(H3,13,14,15,16). The molecule has 0 amide bonds. The van der Waals surface area contributed by atoms with Crippen LogP contribution in [0.4, 0.5) is 17.6 Å². The average Bonchev–Trinajstić information content (AvgIpc) is 2.38. The first kappa shape index (κ1) is 12.9. The second kappa shape index (κ2) is 5.39. The van der Waals surface area contributed by atoms with Crippen molar-refractivity contribution in [3.63, 3.8) is 0 Å². The Balaban J connectivity index is 2.07. The van der Waals surface area contributed by atoms with Gasteiger partial charge < -0.3 is 20.9 Å². The van der Waals surface area contributed by atoms with Gasteiger partial charge in [-0.05, 0) is 26.9 Å². The molecule has 2 heterocycles. The molecule has 1 aromatic rings. The summed E-state index contributed by atoms with van der Waals surface area (Å²) in [5.74, 6) is 2.02. The Hall–Kier alpha value is -1.56. The van der Waals surface area contributed by atoms with Gasteiger partial charge in [-0.15, -0.1) is 0 Å². The van der Waals surface area contributed by atoms with E-state index >= 15 is 0 Å². The van der Waals surface area contributed by atoms with Crippen LogP contribution in [0.5, 0.6) is 0 Å². The van der Waals surface area contributed by atoms with Gasteiger partial charge >= 0.3 is 0 Å². The third-order valence-corrected chi connectivity index (χ3v) is 3.50. The van der Waals surface area contributed by atoms with Crippen LogP contribution in [0.1, 0.15) is 12.8 Å².